The summed E-state index contributed by atoms with van der Waals surface area (Å²) in [6.07, 6.45) is 21.3. The Labute approximate surface area is 646 Å². The summed E-state index contributed by atoms with van der Waals surface area (Å²) < 4.78 is 50.8. The summed E-state index contributed by atoms with van der Waals surface area (Å²) in [5.41, 5.74) is 9.24. The van der Waals surface area contributed by atoms with Crippen LogP contribution >= 0.6 is 0 Å². The first kappa shape index (κ1) is 77.1. The van der Waals surface area contributed by atoms with Crippen LogP contribution in [0.25, 0.3) is 86.7 Å². The van der Waals surface area contributed by atoms with E-state index in [4.69, 9.17) is 0 Å². The molecule has 4 aromatic heterocycles. The second kappa shape index (κ2) is 36.0. The molecule has 12 heteroatoms. The van der Waals surface area contributed by atoms with Gasteiger partial charge in [0.25, 0.3) is 0 Å². The maximum atomic E-state index is 14.7. The normalized spacial score (nSPS) is 11.3. The molecule has 16 rings (SSSR count). The Hall–Kier alpha value is -12.0. The number of rotatable bonds is 26. The van der Waals surface area contributed by atoms with Gasteiger partial charge in [0, 0.05) is 134 Å². The van der Waals surface area contributed by atoms with Gasteiger partial charge in [0.15, 0.2) is 28.9 Å². The summed E-state index contributed by atoms with van der Waals surface area (Å²) >= 11 is 0. The predicted octanol–water partition coefficient (Wildman–Crippen LogP) is 25.9. The Kier molecular flexibility index (Phi) is 25.0. The van der Waals surface area contributed by atoms with Crippen LogP contribution in [0.5, 0.6) is 0 Å². The molecule has 16 aromatic rings. The van der Waals surface area contributed by atoms with Crippen molar-refractivity contribution in [3.8, 4) is 0 Å². The van der Waals surface area contributed by atoms with Crippen LogP contribution in [0, 0.1) is 17.5 Å². The van der Waals surface area contributed by atoms with Gasteiger partial charge in [-0.2, -0.15) is 0 Å². The zero-order valence-electron chi connectivity index (χ0n) is 63.9. The van der Waals surface area contributed by atoms with Gasteiger partial charge in [-0.25, -0.2) is 13.2 Å². The number of nitrogens with zero attached hydrogens (tertiary/aromatic N) is 4. The standard InChI is InChI=1S/C27H27NO2.3C24H22FNO/c1-3-5-10-17-28-18-24(21-13-8-9-14-25(21)28)27(30)23-16-15-22(26(29)4-2)19-11-6-7-12-20(19)23;1-2-3-6-15-26-16-20(23-21(25)13-8-14-22(23)26)24(27)19-12-7-10-17-9-4-5-11-18(17)19;1-2-3-6-14-26-16-22(20-13-12-18(25)15-23(20)26)24(27)21-11-7-9-17-8-4-5-10-19(17)21;1-2-3-6-14-26-16-22(21-15-18(25)12-13-23(21)26)24(27)20-11-7-9-17-8-4-5-10-19(17)20/h6-9,11-16,18H,3-5,10,17H2,1-2H3;4-5,7-14,16H,2-3,6,15H2,1H3;2*4-5,7-13,15-16H,2-3,6,14H2,1H3. The number of carbonyl (C=O) groups is 5. The summed E-state index contributed by atoms with van der Waals surface area (Å²) in [6.45, 7) is 13.9. The van der Waals surface area contributed by atoms with Crippen molar-refractivity contribution in [2.24, 2.45) is 0 Å². The van der Waals surface area contributed by atoms with Crippen LogP contribution in [0.15, 0.2) is 267 Å². The molecule has 0 bridgehead atoms. The van der Waals surface area contributed by atoms with Gasteiger partial charge in [0.1, 0.15) is 17.5 Å². The largest absolute Gasteiger partial charge is 0.347 e. The fourth-order valence-electron chi connectivity index (χ4n) is 15.5. The van der Waals surface area contributed by atoms with Gasteiger partial charge < -0.3 is 18.3 Å². The molecule has 0 amide bonds. The molecule has 0 atom stereocenters. The number of halogens is 3. The van der Waals surface area contributed by atoms with Gasteiger partial charge in [-0.05, 0) is 129 Å². The highest BCUT2D eigenvalue weighted by Crippen LogP contribution is 2.35. The second-order valence-electron chi connectivity index (χ2n) is 28.6. The van der Waals surface area contributed by atoms with Gasteiger partial charge in [-0.1, -0.05) is 268 Å². The van der Waals surface area contributed by atoms with Crippen molar-refractivity contribution in [3.63, 3.8) is 0 Å². The number of aryl methyl sites for hydroxylation is 4. The second-order valence-corrected chi connectivity index (χ2v) is 28.6. The van der Waals surface area contributed by atoms with Crippen molar-refractivity contribution >= 4 is 116 Å². The molecule has 0 saturated carbocycles. The number of Topliss-reactive ketones (excluding diaryl/α,β-unsaturated/α-hetero) is 1. The van der Waals surface area contributed by atoms with Crippen molar-refractivity contribution in [1.82, 2.24) is 18.3 Å². The van der Waals surface area contributed by atoms with E-state index in [1.807, 2.05) is 229 Å². The van der Waals surface area contributed by atoms with Crippen LogP contribution < -0.4 is 0 Å². The average molecular weight is 1480 g/mol. The summed E-state index contributed by atoms with van der Waals surface area (Å²) in [6, 6.07) is 74.7. The van der Waals surface area contributed by atoms with E-state index in [0.717, 1.165) is 172 Å². The number of para-hydroxylation sites is 1. The lowest BCUT2D eigenvalue weighted by Crippen LogP contribution is -2.05. The molecule has 0 aliphatic carbocycles. The van der Waals surface area contributed by atoms with E-state index in [1.54, 1.807) is 18.2 Å². The molecule has 0 N–H and O–H groups in total. The van der Waals surface area contributed by atoms with E-state index in [0.29, 0.717) is 61.7 Å². The highest BCUT2D eigenvalue weighted by Gasteiger charge is 2.25. The van der Waals surface area contributed by atoms with Crippen LogP contribution in [-0.4, -0.2) is 47.2 Å². The molecular formula is C99H93F3N4O5. The number of hydrogen-bond acceptors (Lipinski definition) is 5. The lowest BCUT2D eigenvalue weighted by Gasteiger charge is -2.09. The third-order valence-electron chi connectivity index (χ3n) is 21.2. The Morgan fingerprint density at radius 2 is 0.595 bits per heavy atom. The van der Waals surface area contributed by atoms with Crippen molar-refractivity contribution in [2.75, 3.05) is 0 Å². The molecule has 9 nitrogen and oxygen atoms in total. The lowest BCUT2D eigenvalue weighted by molar-refractivity contribution is 0.0985. The molecular weight excluding hydrogens is 1380 g/mol. The summed E-state index contributed by atoms with van der Waals surface area (Å²) in [7, 11) is 0. The number of ketones is 5. The first-order chi connectivity index (χ1) is 54.2. The molecule has 0 fully saturated rings. The maximum absolute atomic E-state index is 14.7. The maximum Gasteiger partial charge on any atom is 0.195 e. The van der Waals surface area contributed by atoms with Gasteiger partial charge >= 0.3 is 0 Å². The number of unbranched alkanes of at least 4 members (excludes halogenated alkanes) is 8. The van der Waals surface area contributed by atoms with E-state index in [2.05, 4.69) is 42.9 Å². The van der Waals surface area contributed by atoms with E-state index < -0.39 is 0 Å². The van der Waals surface area contributed by atoms with Crippen molar-refractivity contribution < 1.29 is 37.1 Å². The number of benzene rings is 12. The van der Waals surface area contributed by atoms with Gasteiger partial charge in [-0.3, -0.25) is 24.0 Å². The molecule has 0 unspecified atom stereocenters. The van der Waals surface area contributed by atoms with Crippen LogP contribution in [0.4, 0.5) is 13.2 Å². The van der Waals surface area contributed by atoms with Crippen molar-refractivity contribution in [3.05, 3.63) is 335 Å². The van der Waals surface area contributed by atoms with E-state index in [-0.39, 0.29) is 46.4 Å². The molecule has 4 heterocycles. The topological polar surface area (TPSA) is 105 Å². The Balaban J connectivity index is 0.000000130. The molecule has 0 spiro atoms. The van der Waals surface area contributed by atoms with Gasteiger partial charge in [0.05, 0.1) is 16.6 Å². The van der Waals surface area contributed by atoms with E-state index in [9.17, 15) is 37.1 Å². The van der Waals surface area contributed by atoms with Crippen molar-refractivity contribution in [2.45, 2.75) is 144 Å². The first-order valence-electron chi connectivity index (χ1n) is 39.3. The molecule has 0 radical (unpaired) electrons. The fourth-order valence-corrected chi connectivity index (χ4v) is 15.5. The van der Waals surface area contributed by atoms with Crippen LogP contribution in [0.2, 0.25) is 0 Å². The number of aromatic nitrogens is 4. The molecule has 560 valence electrons. The number of fused-ring (bicyclic) bond motifs is 8. The summed E-state index contributed by atoms with van der Waals surface area (Å²) in [4.78, 5) is 66.2. The van der Waals surface area contributed by atoms with E-state index in [1.165, 1.54) is 43.2 Å². The zero-order valence-corrected chi connectivity index (χ0v) is 63.9. The SMILES string of the molecule is CCCCCn1cc(C(=O)c2ccc(C(=O)CC)c3ccccc23)c2ccccc21.CCCCCn1cc(C(=O)c2cccc3ccccc23)c2c(F)cccc21.CCCCCn1cc(C(=O)c2cccc3ccccc23)c2cc(F)ccc21.CCCCCn1cc(C(=O)c2cccc3ccccc23)c2ccc(F)cc21. The predicted molar refractivity (Wildman–Crippen MR) is 450 cm³/mol. The smallest absolute Gasteiger partial charge is 0.195 e. The minimum absolute atomic E-state index is 0.00661. The summed E-state index contributed by atoms with van der Waals surface area (Å²) in [5.74, 6) is -1.04. The number of hydrogen-bond donors (Lipinski definition) is 0. The molecule has 111 heavy (non-hydrogen) atoms. The minimum Gasteiger partial charge on any atom is -0.347 e. The summed E-state index contributed by atoms with van der Waals surface area (Å²) in [5, 5.41) is 10.4. The van der Waals surface area contributed by atoms with Crippen LogP contribution in [0.3, 0.4) is 0 Å². The van der Waals surface area contributed by atoms with E-state index >= 15 is 0 Å². The zero-order chi connectivity index (χ0) is 77.5. The van der Waals surface area contributed by atoms with Crippen LogP contribution in [0.1, 0.15) is 192 Å². The minimum atomic E-state index is -0.342. The first-order valence-corrected chi connectivity index (χ1v) is 39.3. The molecule has 12 aromatic carbocycles. The quantitative estimate of drug-likeness (QED) is 0.0397. The highest BCUT2D eigenvalue weighted by molar-refractivity contribution is 6.25. The average Bonchev–Trinajstić information content (AvgIpc) is 1.74. The third kappa shape index (κ3) is 16.8. The van der Waals surface area contributed by atoms with Crippen molar-refractivity contribution in [1.29, 1.82) is 0 Å². The lowest BCUT2D eigenvalue weighted by atomic mass is 9.92. The highest BCUT2D eigenvalue weighted by atomic mass is 19.1. The molecule has 0 aliphatic rings. The monoisotopic (exact) mass is 1470 g/mol. The Bertz CT molecular complexity index is 6060. The van der Waals surface area contributed by atoms with Crippen LogP contribution in [-0.2, 0) is 26.2 Å². The molecule has 0 saturated heterocycles. The third-order valence-corrected chi connectivity index (χ3v) is 21.2. The number of carbonyl (C=O) groups excluding carboxylic acids is 5. The van der Waals surface area contributed by atoms with Gasteiger partial charge in [-0.15, -0.1) is 0 Å². The Morgan fingerprint density at radius 1 is 0.261 bits per heavy atom. The Morgan fingerprint density at radius 3 is 1.08 bits per heavy atom. The molecule has 0 aliphatic heterocycles. The van der Waals surface area contributed by atoms with Gasteiger partial charge in [0.2, 0.25) is 0 Å². The fraction of sp³-hybridized carbons (Fsp3) is 0.222.